The van der Waals surface area contributed by atoms with E-state index in [2.05, 4.69) is 26.0 Å². The molecule has 4 aliphatic carbocycles. The first-order chi connectivity index (χ1) is 12.4. The van der Waals surface area contributed by atoms with Gasteiger partial charge in [0.05, 0.1) is 6.10 Å². The number of hydrogen-bond acceptors (Lipinski definition) is 3. The summed E-state index contributed by atoms with van der Waals surface area (Å²) in [6.45, 7) is 5.34. The molecule has 3 fully saturated rings. The number of hydrogen-bond donors (Lipinski definition) is 1. The number of esters is 1. The Morgan fingerprint density at radius 2 is 1.96 bits per heavy atom. The monoisotopic (exact) mass is 354 g/mol. The topological polar surface area (TPSA) is 46.5 Å². The lowest BCUT2D eigenvalue weighted by Crippen LogP contribution is -2.51. The second kappa shape index (κ2) is 5.58. The highest BCUT2D eigenvalue weighted by molar-refractivity contribution is 5.87. The fourth-order valence-electron chi connectivity index (χ4n) is 7.22. The highest BCUT2D eigenvalue weighted by Gasteiger charge is 2.56. The molecule has 3 heteroatoms. The Morgan fingerprint density at radius 1 is 1.12 bits per heavy atom. The molecule has 1 heterocycles. The lowest BCUT2D eigenvalue weighted by molar-refractivity contribution is -0.134. The third-order valence-electron chi connectivity index (χ3n) is 8.69. The van der Waals surface area contributed by atoms with Gasteiger partial charge in [0.2, 0.25) is 0 Å². The maximum Gasteiger partial charge on any atom is 0.331 e. The molecule has 1 aliphatic heterocycles. The van der Waals surface area contributed by atoms with Gasteiger partial charge in [-0.25, -0.2) is 4.79 Å². The van der Waals surface area contributed by atoms with Crippen LogP contribution in [0.3, 0.4) is 0 Å². The van der Waals surface area contributed by atoms with Crippen LogP contribution in [0.5, 0.6) is 0 Å². The zero-order chi connectivity index (χ0) is 18.1. The summed E-state index contributed by atoms with van der Waals surface area (Å²) in [5.74, 6) is 1.91. The molecule has 5 aliphatic rings. The van der Waals surface area contributed by atoms with Gasteiger partial charge in [-0.2, -0.15) is 0 Å². The number of rotatable bonds is 1. The van der Waals surface area contributed by atoms with Crippen LogP contribution < -0.4 is 0 Å². The van der Waals surface area contributed by atoms with Crippen molar-refractivity contribution in [2.75, 3.05) is 6.61 Å². The first kappa shape index (κ1) is 16.8. The smallest absolute Gasteiger partial charge is 0.331 e. The summed E-state index contributed by atoms with van der Waals surface area (Å²) < 4.78 is 5.19. The Bertz CT molecular complexity index is 745. The molecule has 6 atom stereocenters. The van der Waals surface area contributed by atoms with Crippen LogP contribution in [-0.2, 0) is 9.53 Å². The van der Waals surface area contributed by atoms with Gasteiger partial charge in [-0.3, -0.25) is 0 Å². The number of allylic oxidation sites excluding steroid dienone is 3. The van der Waals surface area contributed by atoms with E-state index in [1.54, 1.807) is 11.6 Å². The Balaban J connectivity index is 1.44. The lowest BCUT2D eigenvalue weighted by Gasteiger charge is -2.59. The van der Waals surface area contributed by atoms with Crippen LogP contribution in [0.1, 0.15) is 58.8 Å². The molecule has 26 heavy (non-hydrogen) atoms. The summed E-state index contributed by atoms with van der Waals surface area (Å²) in [7, 11) is 0. The molecule has 0 radical (unpaired) electrons. The lowest BCUT2D eigenvalue weighted by atomic mass is 9.46. The molecule has 5 rings (SSSR count). The molecule has 140 valence electrons. The van der Waals surface area contributed by atoms with Crippen molar-refractivity contribution in [3.8, 4) is 0 Å². The Morgan fingerprint density at radius 3 is 2.73 bits per heavy atom. The van der Waals surface area contributed by atoms with Crippen molar-refractivity contribution in [2.24, 2.45) is 28.6 Å². The van der Waals surface area contributed by atoms with Gasteiger partial charge in [0, 0.05) is 17.1 Å². The quantitative estimate of drug-likeness (QED) is 0.713. The van der Waals surface area contributed by atoms with Crippen molar-refractivity contribution < 1.29 is 14.6 Å². The van der Waals surface area contributed by atoms with Crippen LogP contribution >= 0.6 is 0 Å². The summed E-state index contributed by atoms with van der Waals surface area (Å²) in [4.78, 5) is 11.6. The van der Waals surface area contributed by atoms with E-state index in [4.69, 9.17) is 4.74 Å². The van der Waals surface area contributed by atoms with E-state index >= 15 is 0 Å². The van der Waals surface area contributed by atoms with Crippen LogP contribution in [0, 0.1) is 28.6 Å². The molecule has 1 N–H and O–H groups in total. The van der Waals surface area contributed by atoms with Crippen LogP contribution in [0.15, 0.2) is 34.9 Å². The highest BCUT2D eigenvalue weighted by atomic mass is 16.5. The molecule has 0 aromatic heterocycles. The number of aliphatic hydroxyl groups excluding tert-OH is 1. The average Bonchev–Trinajstić information content (AvgIpc) is 3.18. The van der Waals surface area contributed by atoms with Crippen molar-refractivity contribution >= 4 is 5.97 Å². The predicted octanol–water partition coefficient (Wildman–Crippen LogP) is 4.33. The van der Waals surface area contributed by atoms with E-state index in [1.165, 1.54) is 37.7 Å². The van der Waals surface area contributed by atoms with E-state index in [0.29, 0.717) is 23.9 Å². The molecule has 0 aromatic rings. The maximum absolute atomic E-state index is 11.6. The van der Waals surface area contributed by atoms with Crippen LogP contribution in [0.4, 0.5) is 0 Å². The molecule has 3 nitrogen and oxygen atoms in total. The third-order valence-corrected chi connectivity index (χ3v) is 8.69. The van der Waals surface area contributed by atoms with Gasteiger partial charge in [0.15, 0.2) is 0 Å². The standard InChI is InChI=1S/C23H30O3/c1-22-9-7-16(24)12-15(22)3-4-17-19-6-5-18(14-11-21(25)26-13-14)23(19,2)10-8-20(17)22/h5-6,11,15-17,20,24H,3-4,7-10,12-13H2,1-2H3/t15-,16-,17-,20-,22-,23+/m0/s1. The molecule has 0 amide bonds. The van der Waals surface area contributed by atoms with Crippen LogP contribution in [0.25, 0.3) is 0 Å². The molecule has 0 spiro atoms. The minimum absolute atomic E-state index is 0.0794. The molecule has 0 aromatic carbocycles. The van der Waals surface area contributed by atoms with Gasteiger partial charge < -0.3 is 9.84 Å². The Kier molecular flexibility index (Phi) is 3.60. The van der Waals surface area contributed by atoms with Crippen molar-refractivity contribution in [1.29, 1.82) is 0 Å². The zero-order valence-electron chi connectivity index (χ0n) is 16.0. The van der Waals surface area contributed by atoms with Crippen molar-refractivity contribution in [1.82, 2.24) is 0 Å². The van der Waals surface area contributed by atoms with Gasteiger partial charge in [0.1, 0.15) is 6.61 Å². The number of aliphatic hydroxyl groups is 1. The largest absolute Gasteiger partial charge is 0.458 e. The van der Waals surface area contributed by atoms with Crippen LogP contribution in [0.2, 0.25) is 0 Å². The molecule has 0 saturated heterocycles. The van der Waals surface area contributed by atoms with E-state index in [-0.39, 0.29) is 17.5 Å². The van der Waals surface area contributed by atoms with Crippen molar-refractivity contribution in [3.63, 3.8) is 0 Å². The zero-order valence-corrected chi connectivity index (χ0v) is 16.0. The van der Waals surface area contributed by atoms with Gasteiger partial charge in [-0.15, -0.1) is 0 Å². The van der Waals surface area contributed by atoms with Crippen LogP contribution in [-0.4, -0.2) is 23.8 Å². The minimum Gasteiger partial charge on any atom is -0.458 e. The summed E-state index contributed by atoms with van der Waals surface area (Å²) in [6, 6.07) is 0. The summed E-state index contributed by atoms with van der Waals surface area (Å²) in [5, 5.41) is 10.2. The van der Waals surface area contributed by atoms with E-state index in [1.807, 2.05) is 0 Å². The summed E-state index contributed by atoms with van der Waals surface area (Å²) in [6.07, 6.45) is 14.4. The SMILES string of the molecule is C[C@]12CC[C@H]3[C@@H](CC[C@H]4C[C@@H](O)CC[C@@]43C)C1=CC=C2C1=CC(=O)OC1. The van der Waals surface area contributed by atoms with E-state index < -0.39 is 0 Å². The first-order valence-electron chi connectivity index (χ1n) is 10.4. The minimum atomic E-state index is -0.194. The van der Waals surface area contributed by atoms with Gasteiger partial charge >= 0.3 is 5.97 Å². The summed E-state index contributed by atoms with van der Waals surface area (Å²) >= 11 is 0. The maximum atomic E-state index is 11.6. The van der Waals surface area contributed by atoms with Crippen molar-refractivity contribution in [2.45, 2.75) is 64.9 Å². The second-order valence-electron chi connectivity index (χ2n) is 9.77. The molecular weight excluding hydrogens is 324 g/mol. The molecule has 0 bridgehead atoms. The second-order valence-corrected chi connectivity index (χ2v) is 9.77. The van der Waals surface area contributed by atoms with E-state index in [0.717, 1.165) is 24.3 Å². The van der Waals surface area contributed by atoms with Gasteiger partial charge in [0.25, 0.3) is 0 Å². The number of fused-ring (bicyclic) bond motifs is 5. The number of cyclic esters (lactones) is 1. The molecular formula is C23H30O3. The highest BCUT2D eigenvalue weighted by Crippen LogP contribution is 2.65. The normalized spacial score (nSPS) is 47.2. The van der Waals surface area contributed by atoms with E-state index in [9.17, 15) is 9.90 Å². The van der Waals surface area contributed by atoms with Gasteiger partial charge in [-0.05, 0) is 73.7 Å². The predicted molar refractivity (Wildman–Crippen MR) is 100 cm³/mol. The average molecular weight is 354 g/mol. The Labute approximate surface area is 156 Å². The van der Waals surface area contributed by atoms with Gasteiger partial charge in [-0.1, -0.05) is 31.6 Å². The summed E-state index contributed by atoms with van der Waals surface area (Å²) in [5.41, 5.74) is 4.48. The Hall–Kier alpha value is -1.35. The number of ether oxygens (including phenoxy) is 1. The van der Waals surface area contributed by atoms with Crippen molar-refractivity contribution in [3.05, 3.63) is 34.9 Å². The number of carbonyl (C=O) groups is 1. The molecule has 3 saturated carbocycles. The third kappa shape index (κ3) is 2.19. The first-order valence-corrected chi connectivity index (χ1v) is 10.4. The fraction of sp³-hybridized carbons (Fsp3) is 0.696. The molecule has 0 unspecified atom stereocenters. The number of carbonyl (C=O) groups excluding carboxylic acids is 1. The fourth-order valence-corrected chi connectivity index (χ4v) is 7.22.